The fourth-order valence-corrected chi connectivity index (χ4v) is 2.88. The van der Waals surface area contributed by atoms with E-state index in [4.69, 9.17) is 5.26 Å². The van der Waals surface area contributed by atoms with Crippen molar-refractivity contribution in [1.29, 1.82) is 0 Å². The average Bonchev–Trinajstić information content (AvgIpc) is 2.28. The Hall–Kier alpha value is -0.510. The normalized spacial score (nSPS) is 11.9. The maximum Gasteiger partial charge on any atom is 0.0686 e. The van der Waals surface area contributed by atoms with Gasteiger partial charge in [-0.05, 0) is 34.4 Å². The fraction of sp³-hybridized carbons (Fsp3) is 0.600. The van der Waals surface area contributed by atoms with Crippen LogP contribution in [-0.2, 0) is 4.33 Å². The van der Waals surface area contributed by atoms with E-state index in [0.717, 1.165) is 16.9 Å². The van der Waals surface area contributed by atoms with Crippen molar-refractivity contribution < 1.29 is 9.59 Å². The molecule has 0 aliphatic rings. The molecule has 1 N–H and O–H groups in total. The Morgan fingerprint density at radius 3 is 1.61 bits per heavy atom. The van der Waals surface area contributed by atoms with E-state index in [2.05, 4.69) is 58.0 Å². The van der Waals surface area contributed by atoms with Gasteiger partial charge in [-0.2, -0.15) is 4.33 Å². The van der Waals surface area contributed by atoms with Gasteiger partial charge in [0.15, 0.2) is 0 Å². The van der Waals surface area contributed by atoms with Crippen LogP contribution in [0.5, 0.6) is 0 Å². The lowest BCUT2D eigenvalue weighted by molar-refractivity contribution is -0.116. The van der Waals surface area contributed by atoms with Crippen LogP contribution in [0.25, 0.3) is 0 Å². The minimum Gasteiger partial charge on any atom is -0.239 e. The summed E-state index contributed by atoms with van der Waals surface area (Å²) in [6, 6.07) is 4.48. The van der Waals surface area contributed by atoms with Gasteiger partial charge in [0.2, 0.25) is 0 Å². The Balaban J connectivity index is 3.44. The third-order valence-electron chi connectivity index (χ3n) is 3.20. The molecule has 2 nitrogen and oxygen atoms in total. The molecule has 0 saturated carbocycles. The van der Waals surface area contributed by atoms with E-state index in [1.165, 1.54) is 16.7 Å². The third kappa shape index (κ3) is 3.50. The van der Waals surface area contributed by atoms with Crippen LogP contribution in [0.4, 0.5) is 0 Å². The number of hydrogen-bond acceptors (Lipinski definition) is 3. The lowest BCUT2D eigenvalue weighted by Crippen LogP contribution is -2.02. The first-order valence-electron chi connectivity index (χ1n) is 6.54. The largest absolute Gasteiger partial charge is 0.239 e. The highest BCUT2D eigenvalue weighted by Crippen LogP contribution is 2.38. The first-order chi connectivity index (χ1) is 8.38. The molecule has 0 unspecified atom stereocenters. The van der Waals surface area contributed by atoms with Gasteiger partial charge >= 0.3 is 0 Å². The molecule has 0 atom stereocenters. The summed E-state index contributed by atoms with van der Waals surface area (Å²) < 4.78 is 4.33. The van der Waals surface area contributed by atoms with Crippen LogP contribution in [0.1, 0.15) is 76.0 Å². The molecule has 102 valence electrons. The summed E-state index contributed by atoms with van der Waals surface area (Å²) >= 11 is 1.06. The van der Waals surface area contributed by atoms with Crippen LogP contribution in [-0.4, -0.2) is 5.26 Å². The van der Waals surface area contributed by atoms with Crippen molar-refractivity contribution in [1.82, 2.24) is 0 Å². The topological polar surface area (TPSA) is 29.5 Å². The van der Waals surface area contributed by atoms with Gasteiger partial charge in [-0.15, -0.1) is 0 Å². The highest BCUT2D eigenvalue weighted by atomic mass is 32.2. The maximum atomic E-state index is 8.77. The number of hydrogen-bond donors (Lipinski definition) is 1. The smallest absolute Gasteiger partial charge is 0.0686 e. The summed E-state index contributed by atoms with van der Waals surface area (Å²) in [5, 5.41) is 8.77. The highest BCUT2D eigenvalue weighted by Gasteiger charge is 2.18. The quantitative estimate of drug-likeness (QED) is 0.431. The SMILES string of the molecule is CC(C)c1cc(C(C)C)c(SOO)c(C(C)C)c1. The molecular weight excluding hydrogens is 244 g/mol. The Bertz CT molecular complexity index is 368. The van der Waals surface area contributed by atoms with Gasteiger partial charge in [0.1, 0.15) is 0 Å². The molecule has 0 heterocycles. The standard InChI is InChI=1S/C15H24O2S/c1-9(2)12-7-13(10(3)4)15(18-17-16)14(8-12)11(5)6/h7-11,16H,1-6H3. The molecule has 0 aliphatic carbocycles. The molecule has 0 saturated heterocycles. The Labute approximate surface area is 115 Å². The Morgan fingerprint density at radius 2 is 1.33 bits per heavy atom. The van der Waals surface area contributed by atoms with Crippen molar-refractivity contribution in [3.63, 3.8) is 0 Å². The van der Waals surface area contributed by atoms with Crippen LogP contribution in [0.3, 0.4) is 0 Å². The molecule has 0 aromatic heterocycles. The summed E-state index contributed by atoms with van der Waals surface area (Å²) in [4.78, 5) is 1.06. The van der Waals surface area contributed by atoms with Crippen LogP contribution in [0.2, 0.25) is 0 Å². The van der Waals surface area contributed by atoms with Gasteiger partial charge in [-0.1, -0.05) is 53.7 Å². The van der Waals surface area contributed by atoms with Gasteiger partial charge in [0.05, 0.1) is 12.0 Å². The van der Waals surface area contributed by atoms with Crippen molar-refractivity contribution in [2.45, 2.75) is 64.2 Å². The monoisotopic (exact) mass is 268 g/mol. The molecule has 1 aromatic rings. The highest BCUT2D eigenvalue weighted by molar-refractivity contribution is 7.94. The second-order valence-electron chi connectivity index (χ2n) is 5.65. The minimum atomic E-state index is 0.416. The molecule has 1 aromatic carbocycles. The number of benzene rings is 1. The zero-order valence-corrected chi connectivity index (χ0v) is 13.0. The summed E-state index contributed by atoms with van der Waals surface area (Å²) in [5.74, 6) is 1.34. The zero-order valence-electron chi connectivity index (χ0n) is 12.2. The summed E-state index contributed by atoms with van der Waals surface area (Å²) in [6.45, 7) is 13.1. The van der Waals surface area contributed by atoms with Gasteiger partial charge in [0.25, 0.3) is 0 Å². The summed E-state index contributed by atoms with van der Waals surface area (Å²) in [7, 11) is 0. The van der Waals surface area contributed by atoms with Crippen LogP contribution in [0, 0.1) is 0 Å². The molecule has 0 bridgehead atoms. The molecule has 18 heavy (non-hydrogen) atoms. The van der Waals surface area contributed by atoms with Gasteiger partial charge < -0.3 is 0 Å². The van der Waals surface area contributed by atoms with Crippen molar-refractivity contribution >= 4 is 12.0 Å². The van der Waals surface area contributed by atoms with E-state index in [1.807, 2.05) is 0 Å². The predicted octanol–water partition coefficient (Wildman–Crippen LogP) is 5.55. The maximum absolute atomic E-state index is 8.77. The second-order valence-corrected chi connectivity index (χ2v) is 6.37. The zero-order chi connectivity index (χ0) is 13.9. The van der Waals surface area contributed by atoms with E-state index >= 15 is 0 Å². The first-order valence-corrected chi connectivity index (χ1v) is 7.28. The average molecular weight is 268 g/mol. The van der Waals surface area contributed by atoms with Gasteiger partial charge in [-0.25, -0.2) is 5.26 Å². The predicted molar refractivity (Wildman–Crippen MR) is 78.3 cm³/mol. The molecule has 0 fully saturated rings. The van der Waals surface area contributed by atoms with E-state index in [0.29, 0.717) is 17.8 Å². The second kappa shape index (κ2) is 6.60. The van der Waals surface area contributed by atoms with Crippen LogP contribution >= 0.6 is 12.0 Å². The summed E-state index contributed by atoms with van der Waals surface area (Å²) in [6.07, 6.45) is 0. The van der Waals surface area contributed by atoms with E-state index in [-0.39, 0.29) is 0 Å². The molecule has 0 radical (unpaired) electrons. The van der Waals surface area contributed by atoms with Gasteiger partial charge in [0, 0.05) is 4.90 Å². The lowest BCUT2D eigenvalue weighted by atomic mass is 9.89. The lowest BCUT2D eigenvalue weighted by Gasteiger charge is -2.21. The van der Waals surface area contributed by atoms with Crippen molar-refractivity contribution in [3.8, 4) is 0 Å². The molecular formula is C15H24O2S. The molecule has 1 rings (SSSR count). The molecule has 0 spiro atoms. The Morgan fingerprint density at radius 1 is 0.889 bits per heavy atom. The summed E-state index contributed by atoms with van der Waals surface area (Å²) in [5.41, 5.74) is 3.86. The van der Waals surface area contributed by atoms with Crippen LogP contribution < -0.4 is 0 Å². The third-order valence-corrected chi connectivity index (χ3v) is 3.91. The Kier molecular flexibility index (Phi) is 5.70. The van der Waals surface area contributed by atoms with E-state index in [9.17, 15) is 0 Å². The van der Waals surface area contributed by atoms with Crippen molar-refractivity contribution in [2.75, 3.05) is 0 Å². The molecule has 0 aliphatic heterocycles. The van der Waals surface area contributed by atoms with Crippen molar-refractivity contribution in [3.05, 3.63) is 28.8 Å². The van der Waals surface area contributed by atoms with Crippen LogP contribution in [0.15, 0.2) is 17.0 Å². The van der Waals surface area contributed by atoms with E-state index in [1.54, 1.807) is 0 Å². The van der Waals surface area contributed by atoms with Gasteiger partial charge in [-0.3, -0.25) is 0 Å². The fourth-order valence-electron chi connectivity index (χ4n) is 2.02. The molecule has 0 amide bonds. The molecule has 3 heteroatoms. The first kappa shape index (κ1) is 15.5. The van der Waals surface area contributed by atoms with Crippen molar-refractivity contribution in [2.24, 2.45) is 0 Å². The number of rotatable bonds is 5. The minimum absolute atomic E-state index is 0.416. The van der Waals surface area contributed by atoms with E-state index < -0.39 is 0 Å².